The number of amides is 2. The number of carboxylic acid groups (broad SMARTS) is 1. The van der Waals surface area contributed by atoms with E-state index in [1.165, 1.54) is 6.92 Å². The van der Waals surface area contributed by atoms with Gasteiger partial charge in [-0.1, -0.05) is 68.8 Å². The average Bonchev–Trinajstić information content (AvgIpc) is 3.09. The summed E-state index contributed by atoms with van der Waals surface area (Å²) >= 11 is 0. The molecule has 7 nitrogen and oxygen atoms in total. The van der Waals surface area contributed by atoms with E-state index in [1.807, 2.05) is 50.2 Å². The third kappa shape index (κ3) is 4.87. The summed E-state index contributed by atoms with van der Waals surface area (Å²) in [5.74, 6) is -1.96. The van der Waals surface area contributed by atoms with Gasteiger partial charge in [0, 0.05) is 5.92 Å². The lowest BCUT2D eigenvalue weighted by molar-refractivity contribution is -0.141. The number of hydrogen-bond acceptors (Lipinski definition) is 4. The first-order valence-electron chi connectivity index (χ1n) is 10.5. The predicted molar refractivity (Wildman–Crippen MR) is 117 cm³/mol. The van der Waals surface area contributed by atoms with Gasteiger partial charge >= 0.3 is 12.1 Å². The van der Waals surface area contributed by atoms with Crippen LogP contribution in [0.5, 0.6) is 0 Å². The maximum atomic E-state index is 12.5. The average molecular weight is 424 g/mol. The summed E-state index contributed by atoms with van der Waals surface area (Å²) in [4.78, 5) is 36.1. The van der Waals surface area contributed by atoms with Crippen LogP contribution in [0.3, 0.4) is 0 Å². The van der Waals surface area contributed by atoms with Crippen LogP contribution in [0.4, 0.5) is 4.79 Å². The minimum atomic E-state index is -1.14. The molecule has 3 atom stereocenters. The van der Waals surface area contributed by atoms with Crippen LogP contribution in [0.25, 0.3) is 11.1 Å². The Balaban J connectivity index is 1.68. The fraction of sp³-hybridized carbons (Fsp3) is 0.375. The van der Waals surface area contributed by atoms with Crippen molar-refractivity contribution in [3.05, 3.63) is 59.7 Å². The summed E-state index contributed by atoms with van der Waals surface area (Å²) in [6.45, 7) is 5.23. The van der Waals surface area contributed by atoms with Crippen LogP contribution in [0.15, 0.2) is 48.5 Å². The number of fused-ring (bicyclic) bond motifs is 3. The van der Waals surface area contributed by atoms with Crippen molar-refractivity contribution in [2.75, 3.05) is 6.61 Å². The molecule has 0 spiro atoms. The first kappa shape index (κ1) is 22.3. The molecule has 31 heavy (non-hydrogen) atoms. The zero-order valence-corrected chi connectivity index (χ0v) is 17.9. The molecular weight excluding hydrogens is 396 g/mol. The predicted octanol–water partition coefficient (Wildman–Crippen LogP) is 3.53. The fourth-order valence-electron chi connectivity index (χ4n) is 3.83. The molecular formula is C24H28N2O5. The monoisotopic (exact) mass is 424 g/mol. The highest BCUT2D eigenvalue weighted by Crippen LogP contribution is 2.44. The van der Waals surface area contributed by atoms with Gasteiger partial charge in [-0.3, -0.25) is 9.59 Å². The van der Waals surface area contributed by atoms with Crippen molar-refractivity contribution in [3.8, 4) is 11.1 Å². The first-order valence-corrected chi connectivity index (χ1v) is 10.5. The molecule has 0 aliphatic heterocycles. The Morgan fingerprint density at radius 3 is 2.03 bits per heavy atom. The van der Waals surface area contributed by atoms with Crippen LogP contribution in [0.1, 0.15) is 44.2 Å². The molecule has 2 aromatic rings. The molecule has 0 heterocycles. The lowest BCUT2D eigenvalue weighted by atomic mass is 9.98. The van der Waals surface area contributed by atoms with Crippen molar-refractivity contribution in [1.82, 2.24) is 10.6 Å². The van der Waals surface area contributed by atoms with E-state index in [4.69, 9.17) is 9.84 Å². The van der Waals surface area contributed by atoms with Gasteiger partial charge in [0.2, 0.25) is 5.91 Å². The number of hydrogen-bond donors (Lipinski definition) is 3. The highest BCUT2D eigenvalue weighted by molar-refractivity contribution is 5.89. The van der Waals surface area contributed by atoms with Crippen LogP contribution in [0.2, 0.25) is 0 Å². The van der Waals surface area contributed by atoms with Gasteiger partial charge in [0.1, 0.15) is 18.7 Å². The van der Waals surface area contributed by atoms with Crippen LogP contribution >= 0.6 is 0 Å². The smallest absolute Gasteiger partial charge is 0.407 e. The SMILES string of the molecule is CCC(C)C(NC(=O)OCC1c2ccccc2-c2ccccc21)C(=O)N[C@H](C)C(=O)O. The van der Waals surface area contributed by atoms with Crippen LogP contribution in [-0.4, -0.2) is 41.8 Å². The third-order valence-electron chi connectivity index (χ3n) is 5.84. The van der Waals surface area contributed by atoms with Gasteiger partial charge < -0.3 is 20.5 Å². The van der Waals surface area contributed by atoms with E-state index >= 15 is 0 Å². The molecule has 1 aliphatic carbocycles. The minimum Gasteiger partial charge on any atom is -0.480 e. The molecule has 164 valence electrons. The second-order valence-electron chi connectivity index (χ2n) is 7.90. The molecule has 2 unspecified atom stereocenters. The van der Waals surface area contributed by atoms with Crippen molar-refractivity contribution >= 4 is 18.0 Å². The van der Waals surface area contributed by atoms with E-state index < -0.39 is 30.1 Å². The lowest BCUT2D eigenvalue weighted by Gasteiger charge is -2.24. The lowest BCUT2D eigenvalue weighted by Crippen LogP contribution is -2.53. The summed E-state index contributed by atoms with van der Waals surface area (Å²) in [5.41, 5.74) is 4.46. The van der Waals surface area contributed by atoms with Crippen LogP contribution < -0.4 is 10.6 Å². The Morgan fingerprint density at radius 2 is 1.52 bits per heavy atom. The van der Waals surface area contributed by atoms with Gasteiger partial charge in [-0.15, -0.1) is 0 Å². The van der Waals surface area contributed by atoms with Crippen molar-refractivity contribution < 1.29 is 24.2 Å². The Hall–Kier alpha value is -3.35. The Kier molecular flexibility index (Phi) is 6.95. The van der Waals surface area contributed by atoms with E-state index in [9.17, 15) is 14.4 Å². The maximum Gasteiger partial charge on any atom is 0.407 e. The molecule has 0 saturated carbocycles. The van der Waals surface area contributed by atoms with Gasteiger partial charge in [0.05, 0.1) is 0 Å². The normalized spacial score (nSPS) is 15.2. The molecule has 0 fully saturated rings. The second-order valence-corrected chi connectivity index (χ2v) is 7.90. The van der Waals surface area contributed by atoms with E-state index in [1.54, 1.807) is 0 Å². The number of carbonyl (C=O) groups excluding carboxylic acids is 2. The quantitative estimate of drug-likeness (QED) is 0.601. The molecule has 0 aromatic heterocycles. The zero-order chi connectivity index (χ0) is 22.5. The molecule has 0 saturated heterocycles. The molecule has 3 rings (SSSR count). The van der Waals surface area contributed by atoms with Gasteiger partial charge in [-0.2, -0.15) is 0 Å². The number of nitrogens with one attached hydrogen (secondary N) is 2. The largest absolute Gasteiger partial charge is 0.480 e. The maximum absolute atomic E-state index is 12.5. The van der Waals surface area contributed by atoms with Crippen molar-refractivity contribution in [2.24, 2.45) is 5.92 Å². The van der Waals surface area contributed by atoms with Crippen LogP contribution in [0, 0.1) is 5.92 Å². The summed E-state index contributed by atoms with van der Waals surface area (Å²) in [6.07, 6.45) is -0.0753. The van der Waals surface area contributed by atoms with Crippen LogP contribution in [-0.2, 0) is 14.3 Å². The number of carbonyl (C=O) groups is 3. The number of alkyl carbamates (subject to hydrolysis) is 1. The minimum absolute atomic E-state index is 0.0824. The second kappa shape index (κ2) is 9.64. The van der Waals surface area contributed by atoms with Crippen molar-refractivity contribution in [2.45, 2.75) is 45.2 Å². The van der Waals surface area contributed by atoms with Gasteiger partial charge in [0.25, 0.3) is 0 Å². The van der Waals surface area contributed by atoms with E-state index in [-0.39, 0.29) is 18.4 Å². The van der Waals surface area contributed by atoms with Gasteiger partial charge in [0.15, 0.2) is 0 Å². The molecule has 1 aliphatic rings. The Morgan fingerprint density at radius 1 is 0.968 bits per heavy atom. The fourth-order valence-corrected chi connectivity index (χ4v) is 3.83. The molecule has 0 bridgehead atoms. The zero-order valence-electron chi connectivity index (χ0n) is 17.9. The molecule has 2 aromatic carbocycles. The highest BCUT2D eigenvalue weighted by atomic mass is 16.5. The summed E-state index contributed by atoms with van der Waals surface area (Å²) in [5, 5.41) is 14.1. The molecule has 0 radical (unpaired) electrons. The number of ether oxygens (including phenoxy) is 1. The molecule has 3 N–H and O–H groups in total. The number of aliphatic carboxylic acids is 1. The Bertz CT molecular complexity index is 928. The van der Waals surface area contributed by atoms with Crippen molar-refractivity contribution in [1.29, 1.82) is 0 Å². The van der Waals surface area contributed by atoms with Gasteiger partial charge in [-0.05, 0) is 35.1 Å². The number of benzene rings is 2. The summed E-state index contributed by atoms with van der Waals surface area (Å²) < 4.78 is 5.52. The topological polar surface area (TPSA) is 105 Å². The van der Waals surface area contributed by atoms with Gasteiger partial charge in [-0.25, -0.2) is 4.79 Å². The van der Waals surface area contributed by atoms with E-state index in [0.717, 1.165) is 22.3 Å². The standard InChI is InChI=1S/C24H28N2O5/c1-4-14(2)21(22(27)25-15(3)23(28)29)26-24(30)31-13-20-18-11-7-5-9-16(18)17-10-6-8-12-19(17)20/h5-12,14-15,20-21H,4,13H2,1-3H3,(H,25,27)(H,26,30)(H,28,29)/t14?,15-,21?/m1/s1. The Labute approximate surface area is 181 Å². The molecule has 7 heteroatoms. The molecule has 2 amide bonds. The highest BCUT2D eigenvalue weighted by Gasteiger charge is 2.31. The van der Waals surface area contributed by atoms with E-state index in [2.05, 4.69) is 22.8 Å². The first-order chi connectivity index (χ1) is 14.8. The summed E-state index contributed by atoms with van der Waals surface area (Å²) in [6, 6.07) is 14.1. The third-order valence-corrected chi connectivity index (χ3v) is 5.84. The summed E-state index contributed by atoms with van der Waals surface area (Å²) in [7, 11) is 0. The van der Waals surface area contributed by atoms with Crippen molar-refractivity contribution in [3.63, 3.8) is 0 Å². The number of carboxylic acids is 1. The number of rotatable bonds is 8. The van der Waals surface area contributed by atoms with E-state index in [0.29, 0.717) is 6.42 Å².